The average molecular weight is 393 g/mol. The minimum absolute atomic E-state index is 0.220. The maximum absolute atomic E-state index is 5.94. The van der Waals surface area contributed by atoms with E-state index in [1.165, 1.54) is 19.3 Å². The summed E-state index contributed by atoms with van der Waals surface area (Å²) in [5.74, 6) is 2.81. The second-order valence-electron chi connectivity index (χ2n) is 7.43. The lowest BCUT2D eigenvalue weighted by Gasteiger charge is -2.28. The van der Waals surface area contributed by atoms with Crippen molar-refractivity contribution in [3.8, 4) is 17.3 Å². The maximum atomic E-state index is 5.94. The Morgan fingerprint density at radius 2 is 1.86 bits per heavy atom. The number of nitrogen functional groups attached to an aromatic ring is 1. The molecule has 0 atom stereocenters. The number of aromatic nitrogens is 5. The molecule has 0 bridgehead atoms. The Morgan fingerprint density at radius 3 is 2.59 bits per heavy atom. The largest absolute Gasteiger partial charge is 0.477 e. The van der Waals surface area contributed by atoms with Gasteiger partial charge in [0.15, 0.2) is 11.6 Å². The summed E-state index contributed by atoms with van der Waals surface area (Å²) in [7, 11) is 0. The number of nitrogens with two attached hydrogens (primary N) is 1. The summed E-state index contributed by atoms with van der Waals surface area (Å²) < 4.78 is 11.4. The van der Waals surface area contributed by atoms with E-state index in [1.54, 1.807) is 12.4 Å². The molecular formula is C20H23N7O2. The van der Waals surface area contributed by atoms with Gasteiger partial charge in [0.05, 0.1) is 30.9 Å². The van der Waals surface area contributed by atoms with Crippen LogP contribution in [0.1, 0.15) is 19.3 Å². The molecule has 0 radical (unpaired) electrons. The molecule has 2 aliphatic rings. The van der Waals surface area contributed by atoms with E-state index in [0.29, 0.717) is 43.0 Å². The molecule has 9 nitrogen and oxygen atoms in total. The average Bonchev–Trinajstić information content (AvgIpc) is 2.73. The van der Waals surface area contributed by atoms with E-state index in [-0.39, 0.29) is 5.95 Å². The first-order valence-corrected chi connectivity index (χ1v) is 9.98. The summed E-state index contributed by atoms with van der Waals surface area (Å²) in [5.41, 5.74) is 7.81. The van der Waals surface area contributed by atoms with Gasteiger partial charge in [-0.3, -0.25) is 0 Å². The van der Waals surface area contributed by atoms with Gasteiger partial charge in [-0.05, 0) is 24.8 Å². The molecule has 1 aliphatic heterocycles. The van der Waals surface area contributed by atoms with Gasteiger partial charge in [0, 0.05) is 31.5 Å². The summed E-state index contributed by atoms with van der Waals surface area (Å²) in [6.07, 6.45) is 7.05. The fourth-order valence-corrected chi connectivity index (χ4v) is 3.50. The standard InChI is InChI=1S/C20H23N7O2/c21-20-22-10-14(11-23-20)18-24-15-4-5-16(29-12-13-2-1-3-13)25-17(15)19(26-18)27-6-8-28-9-7-27/h4-5,10-11,13H,1-3,6-9,12H2,(H2,21,22,23). The van der Waals surface area contributed by atoms with Gasteiger partial charge < -0.3 is 20.1 Å². The van der Waals surface area contributed by atoms with Crippen molar-refractivity contribution in [3.05, 3.63) is 24.5 Å². The van der Waals surface area contributed by atoms with Gasteiger partial charge in [-0.25, -0.2) is 24.9 Å². The zero-order valence-corrected chi connectivity index (χ0v) is 16.1. The summed E-state index contributed by atoms with van der Waals surface area (Å²) >= 11 is 0. The normalized spacial score (nSPS) is 17.3. The molecule has 0 spiro atoms. The number of rotatable bonds is 5. The first kappa shape index (κ1) is 18.0. The third-order valence-electron chi connectivity index (χ3n) is 5.43. The van der Waals surface area contributed by atoms with Crippen LogP contribution >= 0.6 is 0 Å². The summed E-state index contributed by atoms with van der Waals surface area (Å²) in [6, 6.07) is 3.81. The Kier molecular flexibility index (Phi) is 4.81. The van der Waals surface area contributed by atoms with Crippen LogP contribution in [-0.2, 0) is 4.74 Å². The second kappa shape index (κ2) is 7.75. The van der Waals surface area contributed by atoms with Crippen molar-refractivity contribution >= 4 is 22.8 Å². The number of nitrogens with zero attached hydrogens (tertiary/aromatic N) is 6. The van der Waals surface area contributed by atoms with Crippen LogP contribution in [0.4, 0.5) is 11.8 Å². The van der Waals surface area contributed by atoms with E-state index in [9.17, 15) is 0 Å². The van der Waals surface area contributed by atoms with Gasteiger partial charge in [-0.15, -0.1) is 0 Å². The molecule has 0 aromatic carbocycles. The predicted octanol–water partition coefficient (Wildman–Crippen LogP) is 2.08. The SMILES string of the molecule is Nc1ncc(-c2nc(N3CCOCC3)c3nc(OCC4CCC4)ccc3n2)cn1. The Balaban J connectivity index is 1.54. The number of ether oxygens (including phenoxy) is 2. The van der Waals surface area contributed by atoms with Gasteiger partial charge in [-0.1, -0.05) is 6.42 Å². The number of pyridine rings is 1. The molecule has 1 saturated carbocycles. The maximum Gasteiger partial charge on any atom is 0.219 e. The molecule has 2 N–H and O–H groups in total. The molecule has 1 saturated heterocycles. The van der Waals surface area contributed by atoms with Crippen LogP contribution in [0.2, 0.25) is 0 Å². The molecule has 9 heteroatoms. The minimum Gasteiger partial charge on any atom is -0.477 e. The van der Waals surface area contributed by atoms with Crippen molar-refractivity contribution in [2.45, 2.75) is 19.3 Å². The minimum atomic E-state index is 0.220. The van der Waals surface area contributed by atoms with Gasteiger partial charge in [0.25, 0.3) is 0 Å². The van der Waals surface area contributed by atoms with Crippen LogP contribution in [-0.4, -0.2) is 57.8 Å². The Labute approximate surface area is 168 Å². The first-order chi connectivity index (χ1) is 14.3. The fourth-order valence-electron chi connectivity index (χ4n) is 3.50. The van der Waals surface area contributed by atoms with Gasteiger partial charge >= 0.3 is 0 Å². The van der Waals surface area contributed by atoms with E-state index in [1.807, 2.05) is 12.1 Å². The van der Waals surface area contributed by atoms with E-state index in [4.69, 9.17) is 25.2 Å². The molecule has 0 amide bonds. The quantitative estimate of drug-likeness (QED) is 0.696. The van der Waals surface area contributed by atoms with E-state index >= 15 is 0 Å². The Bertz CT molecular complexity index is 1000. The molecule has 2 fully saturated rings. The number of morpholine rings is 1. The third kappa shape index (κ3) is 3.77. The van der Waals surface area contributed by atoms with Gasteiger partial charge in [-0.2, -0.15) is 0 Å². The van der Waals surface area contributed by atoms with Crippen molar-refractivity contribution in [1.82, 2.24) is 24.9 Å². The topological polar surface area (TPSA) is 112 Å². The molecule has 3 aromatic rings. The lowest BCUT2D eigenvalue weighted by molar-refractivity contribution is 0.122. The third-order valence-corrected chi connectivity index (χ3v) is 5.43. The van der Waals surface area contributed by atoms with Crippen molar-refractivity contribution in [1.29, 1.82) is 0 Å². The molecule has 29 heavy (non-hydrogen) atoms. The zero-order chi connectivity index (χ0) is 19.6. The molecule has 4 heterocycles. The molecule has 150 valence electrons. The van der Waals surface area contributed by atoms with Crippen LogP contribution in [0.15, 0.2) is 24.5 Å². The van der Waals surface area contributed by atoms with E-state index in [0.717, 1.165) is 29.9 Å². The molecular weight excluding hydrogens is 370 g/mol. The monoisotopic (exact) mass is 393 g/mol. The van der Waals surface area contributed by atoms with Crippen LogP contribution in [0, 0.1) is 5.92 Å². The van der Waals surface area contributed by atoms with Crippen LogP contribution in [0.5, 0.6) is 5.88 Å². The van der Waals surface area contributed by atoms with Crippen LogP contribution in [0.3, 0.4) is 0 Å². The summed E-state index contributed by atoms with van der Waals surface area (Å²) in [6.45, 7) is 3.53. The number of hydrogen-bond acceptors (Lipinski definition) is 9. The van der Waals surface area contributed by atoms with Crippen molar-refractivity contribution < 1.29 is 9.47 Å². The highest BCUT2D eigenvalue weighted by molar-refractivity contribution is 5.88. The Morgan fingerprint density at radius 1 is 1.07 bits per heavy atom. The van der Waals surface area contributed by atoms with E-state index < -0.39 is 0 Å². The molecule has 3 aromatic heterocycles. The first-order valence-electron chi connectivity index (χ1n) is 9.98. The van der Waals surface area contributed by atoms with Crippen LogP contribution in [0.25, 0.3) is 22.4 Å². The number of anilines is 2. The van der Waals surface area contributed by atoms with Gasteiger partial charge in [0.2, 0.25) is 11.8 Å². The molecule has 1 aliphatic carbocycles. The van der Waals surface area contributed by atoms with E-state index in [2.05, 4.69) is 19.9 Å². The summed E-state index contributed by atoms with van der Waals surface area (Å²) in [5, 5.41) is 0. The summed E-state index contributed by atoms with van der Waals surface area (Å²) in [4.78, 5) is 24.5. The lowest BCUT2D eigenvalue weighted by atomic mass is 9.86. The van der Waals surface area contributed by atoms with Crippen molar-refractivity contribution in [2.24, 2.45) is 5.92 Å². The fraction of sp³-hybridized carbons (Fsp3) is 0.450. The van der Waals surface area contributed by atoms with Gasteiger partial charge in [0.1, 0.15) is 5.52 Å². The molecule has 5 rings (SSSR count). The highest BCUT2D eigenvalue weighted by atomic mass is 16.5. The second-order valence-corrected chi connectivity index (χ2v) is 7.43. The predicted molar refractivity (Wildman–Crippen MR) is 109 cm³/mol. The smallest absolute Gasteiger partial charge is 0.219 e. The number of hydrogen-bond donors (Lipinski definition) is 1. The zero-order valence-electron chi connectivity index (χ0n) is 16.1. The highest BCUT2D eigenvalue weighted by Gasteiger charge is 2.21. The molecule has 0 unspecified atom stereocenters. The highest BCUT2D eigenvalue weighted by Crippen LogP contribution is 2.30. The Hall–Kier alpha value is -3.07. The van der Waals surface area contributed by atoms with Crippen LogP contribution < -0.4 is 15.4 Å². The van der Waals surface area contributed by atoms with Crippen molar-refractivity contribution in [2.75, 3.05) is 43.5 Å². The lowest BCUT2D eigenvalue weighted by Crippen LogP contribution is -2.37. The number of fused-ring (bicyclic) bond motifs is 1. The van der Waals surface area contributed by atoms with Crippen molar-refractivity contribution in [3.63, 3.8) is 0 Å².